The molecule has 1 saturated carbocycles. The van der Waals surface area contributed by atoms with Gasteiger partial charge in [0.1, 0.15) is 12.1 Å². The highest BCUT2D eigenvalue weighted by Gasteiger charge is 2.51. The van der Waals surface area contributed by atoms with Gasteiger partial charge in [0.25, 0.3) is 23.4 Å². The summed E-state index contributed by atoms with van der Waals surface area (Å²) in [5, 5.41) is 5.38. The zero-order chi connectivity index (χ0) is 27.4. The number of likely N-dealkylation sites (tertiary alicyclic amines) is 1. The predicted octanol–water partition coefficient (Wildman–Crippen LogP) is 0.940. The minimum absolute atomic E-state index is 0.0326. The van der Waals surface area contributed by atoms with Gasteiger partial charge < -0.3 is 15.5 Å². The maximum absolute atomic E-state index is 13.7. The molecule has 10 nitrogen and oxygen atoms in total. The van der Waals surface area contributed by atoms with Gasteiger partial charge in [-0.1, -0.05) is 38.3 Å². The lowest BCUT2D eigenvalue weighted by molar-refractivity contribution is -0.150. The lowest BCUT2D eigenvalue weighted by atomic mass is 9.93. The van der Waals surface area contributed by atoms with Gasteiger partial charge >= 0.3 is 6.43 Å². The molecule has 0 bridgehead atoms. The highest BCUT2D eigenvalue weighted by molar-refractivity contribution is 6.29. The summed E-state index contributed by atoms with van der Waals surface area (Å²) in [5.41, 5.74) is -0.103. The second-order valence-electron chi connectivity index (χ2n) is 9.96. The van der Waals surface area contributed by atoms with Gasteiger partial charge in [0, 0.05) is 13.1 Å². The predicted molar refractivity (Wildman–Crippen MR) is 125 cm³/mol. The van der Waals surface area contributed by atoms with Gasteiger partial charge in [0.2, 0.25) is 11.8 Å². The van der Waals surface area contributed by atoms with E-state index in [9.17, 15) is 37.1 Å². The van der Waals surface area contributed by atoms with Crippen LogP contribution >= 0.6 is 11.6 Å². The number of hydrazine groups is 1. The van der Waals surface area contributed by atoms with E-state index < -0.39 is 59.6 Å². The fraction of sp³-hybridized carbons (Fsp3) is 0.783. The van der Waals surface area contributed by atoms with Gasteiger partial charge in [-0.05, 0) is 37.0 Å². The molecule has 3 N–H and O–H groups in total. The minimum Gasteiger partial charge on any atom is -0.356 e. The lowest BCUT2D eigenvalue weighted by Gasteiger charge is -2.34. The van der Waals surface area contributed by atoms with Gasteiger partial charge in [0.05, 0.1) is 12.5 Å². The van der Waals surface area contributed by atoms with Crippen LogP contribution in [0.5, 0.6) is 0 Å². The van der Waals surface area contributed by atoms with E-state index in [-0.39, 0.29) is 30.8 Å². The number of halogens is 4. The Kier molecular flexibility index (Phi) is 9.65. The summed E-state index contributed by atoms with van der Waals surface area (Å²) in [4.78, 5) is 64.5. The average Bonchev–Trinajstić information content (AvgIpc) is 3.56. The van der Waals surface area contributed by atoms with E-state index in [0.717, 1.165) is 12.8 Å². The molecule has 3 aliphatic rings. The number of rotatable bonds is 9. The van der Waals surface area contributed by atoms with E-state index in [2.05, 4.69) is 16.1 Å². The Morgan fingerprint density at radius 3 is 2.46 bits per heavy atom. The fourth-order valence-corrected chi connectivity index (χ4v) is 5.61. The molecule has 2 aliphatic heterocycles. The summed E-state index contributed by atoms with van der Waals surface area (Å²) in [6, 6.07) is -2.35. The quantitative estimate of drug-likeness (QED) is 0.290. The van der Waals surface area contributed by atoms with Gasteiger partial charge in [-0.3, -0.25) is 29.4 Å². The van der Waals surface area contributed by atoms with Crippen molar-refractivity contribution in [2.45, 2.75) is 70.1 Å². The van der Waals surface area contributed by atoms with Crippen LogP contribution < -0.4 is 16.1 Å². The molecule has 3 rings (SSSR count). The van der Waals surface area contributed by atoms with Crippen LogP contribution in [0.1, 0.15) is 46.0 Å². The molecular formula is C23H33ClF3N5O5. The maximum atomic E-state index is 13.7. The first kappa shape index (κ1) is 29.0. The topological polar surface area (TPSA) is 128 Å². The molecule has 0 aromatic carbocycles. The van der Waals surface area contributed by atoms with Gasteiger partial charge in [-0.15, -0.1) is 0 Å². The Morgan fingerprint density at radius 1 is 1.19 bits per heavy atom. The van der Waals surface area contributed by atoms with E-state index in [1.54, 1.807) is 13.8 Å². The second kappa shape index (κ2) is 12.3. The van der Waals surface area contributed by atoms with Gasteiger partial charge in [-0.25, -0.2) is 9.40 Å². The third-order valence-electron chi connectivity index (χ3n) is 7.68. The number of hydrogen-bond acceptors (Lipinski definition) is 5. The number of amides is 5. The molecule has 0 aromatic rings. The molecule has 208 valence electrons. The molecule has 0 spiro atoms. The summed E-state index contributed by atoms with van der Waals surface area (Å²) in [6.07, 6.45) is -0.364. The van der Waals surface area contributed by atoms with Crippen LogP contribution in [0.3, 0.4) is 0 Å². The number of carbonyl (C=O) groups is 5. The Balaban J connectivity index is 1.84. The van der Waals surface area contributed by atoms with Crippen molar-refractivity contribution < 1.29 is 37.1 Å². The Bertz CT molecular complexity index is 910. The summed E-state index contributed by atoms with van der Waals surface area (Å²) in [6.45, 7) is 3.62. The maximum Gasteiger partial charge on any atom is 0.315 e. The Labute approximate surface area is 217 Å². The van der Waals surface area contributed by atoms with Crippen molar-refractivity contribution in [2.75, 3.05) is 19.6 Å². The molecule has 3 unspecified atom stereocenters. The fourth-order valence-electron chi connectivity index (χ4n) is 5.49. The Hall–Kier alpha value is -2.57. The van der Waals surface area contributed by atoms with Crippen molar-refractivity contribution in [3.63, 3.8) is 0 Å². The van der Waals surface area contributed by atoms with E-state index in [1.807, 2.05) is 0 Å². The molecule has 0 aromatic heterocycles. The molecule has 2 heterocycles. The summed E-state index contributed by atoms with van der Waals surface area (Å²) >= 11 is 5.35. The number of hydrogen-bond donors (Lipinski definition) is 3. The highest BCUT2D eigenvalue weighted by atomic mass is 35.5. The number of fused-ring (bicyclic) bond motifs is 1. The van der Waals surface area contributed by atoms with Crippen molar-refractivity contribution in [2.24, 2.45) is 23.7 Å². The van der Waals surface area contributed by atoms with Crippen LogP contribution in [0, 0.1) is 23.7 Å². The SMILES string of the molecule is CCC(C)C(NC(=O)C(F)F)C(=O)N1C[C@@H]2CCC[C@@H]2[C@H]1C(=O)NN(C[C@@H]1CCNC1=O)C(=O)C(F)Cl. The second-order valence-corrected chi connectivity index (χ2v) is 10.3. The Morgan fingerprint density at radius 2 is 1.89 bits per heavy atom. The first-order valence-electron chi connectivity index (χ1n) is 12.5. The molecule has 3 fully saturated rings. The summed E-state index contributed by atoms with van der Waals surface area (Å²) in [7, 11) is 0. The number of carbonyl (C=O) groups excluding carboxylic acids is 5. The highest BCUT2D eigenvalue weighted by Crippen LogP contribution is 2.42. The number of nitrogens with one attached hydrogen (secondary N) is 3. The zero-order valence-corrected chi connectivity index (χ0v) is 21.5. The average molecular weight is 552 g/mol. The standard InChI is InChI=1S/C23H33ClF3N5O5/c1-3-11(2)15(29-21(35)18(26)27)22(36)31-9-12-5-4-6-14(12)16(31)20(34)30-32(23(37)17(24)25)10-13-7-8-28-19(13)33/h11-18H,3-10H2,1-2H3,(H,28,33)(H,29,35)(H,30,34)/t11?,12-,13-,14-,15?,16-,17?/m0/s1. The largest absolute Gasteiger partial charge is 0.356 e. The smallest absolute Gasteiger partial charge is 0.315 e. The van der Waals surface area contributed by atoms with Crippen LogP contribution in [0.25, 0.3) is 0 Å². The van der Waals surface area contributed by atoms with Crippen LogP contribution in [-0.4, -0.2) is 83.2 Å². The van der Waals surface area contributed by atoms with Crippen molar-refractivity contribution in [3.05, 3.63) is 0 Å². The first-order chi connectivity index (χ1) is 17.5. The van der Waals surface area contributed by atoms with Crippen molar-refractivity contribution in [1.29, 1.82) is 0 Å². The molecule has 14 heteroatoms. The van der Waals surface area contributed by atoms with E-state index in [0.29, 0.717) is 30.8 Å². The number of nitrogens with zero attached hydrogens (tertiary/aromatic N) is 2. The van der Waals surface area contributed by atoms with Crippen molar-refractivity contribution >= 4 is 41.1 Å². The normalized spacial score (nSPS) is 27.3. The molecule has 1 aliphatic carbocycles. The third kappa shape index (κ3) is 6.47. The van der Waals surface area contributed by atoms with E-state index in [1.165, 1.54) is 4.90 Å². The summed E-state index contributed by atoms with van der Waals surface area (Å²) < 4.78 is 39.7. The van der Waals surface area contributed by atoms with Crippen molar-refractivity contribution in [3.8, 4) is 0 Å². The van der Waals surface area contributed by atoms with Gasteiger partial charge in [-0.2, -0.15) is 8.78 Å². The molecule has 37 heavy (non-hydrogen) atoms. The monoisotopic (exact) mass is 551 g/mol. The molecular weight excluding hydrogens is 519 g/mol. The van der Waals surface area contributed by atoms with Crippen LogP contribution in [-0.2, 0) is 24.0 Å². The van der Waals surface area contributed by atoms with Crippen LogP contribution in [0.4, 0.5) is 13.2 Å². The third-order valence-corrected chi connectivity index (χ3v) is 7.87. The summed E-state index contributed by atoms with van der Waals surface area (Å²) in [5.74, 6) is -6.11. The van der Waals surface area contributed by atoms with Gasteiger partial charge in [0.15, 0.2) is 0 Å². The van der Waals surface area contributed by atoms with Crippen LogP contribution in [0.15, 0.2) is 0 Å². The van der Waals surface area contributed by atoms with Crippen molar-refractivity contribution in [1.82, 2.24) is 26.0 Å². The lowest BCUT2D eigenvalue weighted by Crippen LogP contribution is -2.60. The molecule has 2 saturated heterocycles. The zero-order valence-electron chi connectivity index (χ0n) is 20.7. The van der Waals surface area contributed by atoms with Crippen LogP contribution in [0.2, 0.25) is 0 Å². The number of alkyl halides is 4. The first-order valence-corrected chi connectivity index (χ1v) is 13.0. The molecule has 5 amide bonds. The molecule has 0 radical (unpaired) electrons. The molecule has 7 atom stereocenters. The van der Waals surface area contributed by atoms with E-state index in [4.69, 9.17) is 11.6 Å². The van der Waals surface area contributed by atoms with E-state index >= 15 is 0 Å². The minimum atomic E-state index is -3.31.